The summed E-state index contributed by atoms with van der Waals surface area (Å²) >= 11 is 0. The van der Waals surface area contributed by atoms with Crippen molar-refractivity contribution in [1.29, 1.82) is 0 Å². The van der Waals surface area contributed by atoms with Crippen LogP contribution in [-0.2, 0) is 9.53 Å². The van der Waals surface area contributed by atoms with Crippen LogP contribution in [-0.4, -0.2) is 29.9 Å². The Kier molecular flexibility index (Phi) is 4.65. The Morgan fingerprint density at radius 1 is 1.40 bits per heavy atom. The van der Waals surface area contributed by atoms with E-state index >= 15 is 0 Å². The highest BCUT2D eigenvalue weighted by Gasteiger charge is 2.30. The predicted molar refractivity (Wildman–Crippen MR) is 76.3 cm³/mol. The van der Waals surface area contributed by atoms with Crippen LogP contribution < -0.4 is 4.74 Å². The number of aliphatic carboxylic acids is 1. The maximum Gasteiger partial charge on any atom is 0.332 e. The predicted octanol–water partition coefficient (Wildman–Crippen LogP) is 3.13. The number of rotatable bonds is 5. The van der Waals surface area contributed by atoms with Crippen LogP contribution in [0.1, 0.15) is 43.7 Å². The molecule has 0 aromatic heterocycles. The molecule has 110 valence electrons. The lowest BCUT2D eigenvalue weighted by Crippen LogP contribution is -2.23. The van der Waals surface area contributed by atoms with Crippen LogP contribution in [0.25, 0.3) is 0 Å². The Labute approximate surface area is 119 Å². The number of hydrogen-bond acceptors (Lipinski definition) is 3. The highest BCUT2D eigenvalue weighted by Crippen LogP contribution is 2.25. The topological polar surface area (TPSA) is 55.8 Å². The molecule has 1 fully saturated rings. The van der Waals surface area contributed by atoms with E-state index in [2.05, 4.69) is 19.9 Å². The molecule has 1 aliphatic rings. The molecule has 1 saturated heterocycles. The number of ether oxygens (including phenoxy) is 2. The van der Waals surface area contributed by atoms with Gasteiger partial charge in [-0.25, -0.2) is 4.79 Å². The summed E-state index contributed by atoms with van der Waals surface area (Å²) < 4.78 is 11.2. The van der Waals surface area contributed by atoms with Crippen molar-refractivity contribution in [3.63, 3.8) is 0 Å². The lowest BCUT2D eigenvalue weighted by molar-refractivity contribution is -0.149. The molecular weight excluding hydrogens is 256 g/mol. The molecule has 2 atom stereocenters. The molecule has 0 spiro atoms. The Balaban J connectivity index is 1.93. The molecule has 0 aliphatic carbocycles. The zero-order valence-corrected chi connectivity index (χ0v) is 12.3. The average molecular weight is 278 g/mol. The highest BCUT2D eigenvalue weighted by atomic mass is 16.6. The molecule has 1 aliphatic heterocycles. The van der Waals surface area contributed by atoms with E-state index in [1.54, 1.807) is 0 Å². The van der Waals surface area contributed by atoms with Crippen molar-refractivity contribution < 1.29 is 19.4 Å². The van der Waals surface area contributed by atoms with Crippen molar-refractivity contribution in [2.75, 3.05) is 6.61 Å². The van der Waals surface area contributed by atoms with E-state index in [4.69, 9.17) is 14.6 Å². The minimum Gasteiger partial charge on any atom is -0.491 e. The fourth-order valence-corrected chi connectivity index (χ4v) is 2.39. The minimum absolute atomic E-state index is 0.126. The Morgan fingerprint density at radius 2 is 2.15 bits per heavy atom. The lowest BCUT2D eigenvalue weighted by Gasteiger charge is -2.15. The van der Waals surface area contributed by atoms with Gasteiger partial charge in [0, 0.05) is 0 Å². The van der Waals surface area contributed by atoms with Gasteiger partial charge in [0.2, 0.25) is 0 Å². The SMILES string of the molecule is Cc1cc(OCC2CCC(C(=O)O)O2)cc(C(C)C)c1. The fourth-order valence-electron chi connectivity index (χ4n) is 2.39. The largest absolute Gasteiger partial charge is 0.491 e. The van der Waals surface area contributed by atoms with Crippen LogP contribution in [0.2, 0.25) is 0 Å². The number of carboxylic acids is 1. The van der Waals surface area contributed by atoms with E-state index < -0.39 is 12.1 Å². The van der Waals surface area contributed by atoms with Gasteiger partial charge in [0.1, 0.15) is 12.4 Å². The quantitative estimate of drug-likeness (QED) is 0.899. The van der Waals surface area contributed by atoms with Crippen LogP contribution in [0, 0.1) is 6.92 Å². The van der Waals surface area contributed by atoms with Crippen LogP contribution in [0.15, 0.2) is 18.2 Å². The first-order valence-electron chi connectivity index (χ1n) is 7.08. The molecule has 4 nitrogen and oxygen atoms in total. The standard InChI is InChI=1S/C16H22O4/c1-10(2)12-6-11(3)7-14(8-12)19-9-13-4-5-15(20-13)16(17)18/h6-8,10,13,15H,4-5,9H2,1-3H3,(H,17,18). The second-order valence-electron chi connectivity index (χ2n) is 5.71. The molecule has 2 unspecified atom stereocenters. The second-order valence-corrected chi connectivity index (χ2v) is 5.71. The Bertz CT molecular complexity index is 481. The smallest absolute Gasteiger partial charge is 0.332 e. The zero-order valence-electron chi connectivity index (χ0n) is 12.3. The van der Waals surface area contributed by atoms with Crippen molar-refractivity contribution in [1.82, 2.24) is 0 Å². The van der Waals surface area contributed by atoms with Gasteiger partial charge >= 0.3 is 5.97 Å². The molecular formula is C16H22O4. The van der Waals surface area contributed by atoms with Gasteiger partial charge in [0.25, 0.3) is 0 Å². The van der Waals surface area contributed by atoms with Crippen LogP contribution in [0.5, 0.6) is 5.75 Å². The van der Waals surface area contributed by atoms with E-state index in [0.717, 1.165) is 12.2 Å². The fraction of sp³-hybridized carbons (Fsp3) is 0.562. The van der Waals surface area contributed by atoms with Crippen LogP contribution in [0.3, 0.4) is 0 Å². The first-order chi connectivity index (χ1) is 9.45. The Hall–Kier alpha value is -1.55. The molecule has 0 amide bonds. The lowest BCUT2D eigenvalue weighted by atomic mass is 10.0. The van der Waals surface area contributed by atoms with Gasteiger partial charge in [-0.15, -0.1) is 0 Å². The molecule has 1 N–H and O–H groups in total. The van der Waals surface area contributed by atoms with Gasteiger partial charge in [-0.3, -0.25) is 0 Å². The number of carboxylic acid groups (broad SMARTS) is 1. The summed E-state index contributed by atoms with van der Waals surface area (Å²) in [5, 5.41) is 8.88. The molecule has 20 heavy (non-hydrogen) atoms. The molecule has 0 saturated carbocycles. The molecule has 0 bridgehead atoms. The summed E-state index contributed by atoms with van der Waals surface area (Å²) in [5.41, 5.74) is 2.41. The van der Waals surface area contributed by atoms with Crippen molar-refractivity contribution in [2.24, 2.45) is 0 Å². The van der Waals surface area contributed by atoms with Crippen molar-refractivity contribution in [3.8, 4) is 5.75 Å². The maximum atomic E-state index is 10.8. The van der Waals surface area contributed by atoms with Gasteiger partial charge in [0.15, 0.2) is 6.10 Å². The number of hydrogen-bond donors (Lipinski definition) is 1. The summed E-state index contributed by atoms with van der Waals surface area (Å²) in [7, 11) is 0. The third-order valence-electron chi connectivity index (χ3n) is 3.56. The molecule has 1 heterocycles. The van der Waals surface area contributed by atoms with Gasteiger partial charge < -0.3 is 14.6 Å². The average Bonchev–Trinajstić information content (AvgIpc) is 2.84. The van der Waals surface area contributed by atoms with E-state index in [9.17, 15) is 4.79 Å². The summed E-state index contributed by atoms with van der Waals surface area (Å²) in [6.07, 6.45) is 0.500. The first-order valence-corrected chi connectivity index (χ1v) is 7.08. The third kappa shape index (κ3) is 3.73. The summed E-state index contributed by atoms with van der Waals surface area (Å²) in [6, 6.07) is 6.20. The second kappa shape index (κ2) is 6.27. The number of benzene rings is 1. The monoisotopic (exact) mass is 278 g/mol. The highest BCUT2D eigenvalue weighted by molar-refractivity contribution is 5.72. The minimum atomic E-state index is -0.884. The van der Waals surface area contributed by atoms with Crippen LogP contribution in [0.4, 0.5) is 0 Å². The summed E-state index contributed by atoms with van der Waals surface area (Å²) in [5.74, 6) is 0.401. The number of carbonyl (C=O) groups is 1. The zero-order chi connectivity index (χ0) is 14.7. The van der Waals surface area contributed by atoms with Crippen molar-refractivity contribution in [2.45, 2.75) is 51.7 Å². The van der Waals surface area contributed by atoms with Gasteiger partial charge in [-0.2, -0.15) is 0 Å². The van der Waals surface area contributed by atoms with Gasteiger partial charge in [0.05, 0.1) is 6.10 Å². The molecule has 0 radical (unpaired) electrons. The van der Waals surface area contributed by atoms with Gasteiger partial charge in [-0.1, -0.05) is 19.9 Å². The Morgan fingerprint density at radius 3 is 2.75 bits per heavy atom. The molecule has 2 rings (SSSR count). The molecule has 1 aromatic rings. The number of aryl methyl sites for hydroxylation is 1. The summed E-state index contributed by atoms with van der Waals surface area (Å²) in [4.78, 5) is 10.8. The van der Waals surface area contributed by atoms with Crippen molar-refractivity contribution in [3.05, 3.63) is 29.3 Å². The van der Waals surface area contributed by atoms with Crippen molar-refractivity contribution >= 4 is 5.97 Å². The maximum absolute atomic E-state index is 10.8. The van der Waals surface area contributed by atoms with Gasteiger partial charge in [-0.05, 0) is 48.9 Å². The van der Waals surface area contributed by atoms with E-state index in [0.29, 0.717) is 18.9 Å². The normalized spacial score (nSPS) is 22.2. The van der Waals surface area contributed by atoms with E-state index in [1.165, 1.54) is 11.1 Å². The van der Waals surface area contributed by atoms with E-state index in [-0.39, 0.29) is 6.10 Å². The van der Waals surface area contributed by atoms with Crippen LogP contribution >= 0.6 is 0 Å². The first kappa shape index (κ1) is 14.9. The van der Waals surface area contributed by atoms with E-state index in [1.807, 2.05) is 19.1 Å². The third-order valence-corrected chi connectivity index (χ3v) is 3.56. The molecule has 1 aromatic carbocycles. The summed E-state index contributed by atoms with van der Waals surface area (Å²) in [6.45, 7) is 6.75. The molecule has 4 heteroatoms.